The minimum absolute atomic E-state index is 0.0569. The summed E-state index contributed by atoms with van der Waals surface area (Å²) in [4.78, 5) is 4.91. The molecule has 0 amide bonds. The molecule has 3 aromatic carbocycles. The van der Waals surface area contributed by atoms with Gasteiger partial charge in [0.25, 0.3) is 0 Å². The van der Waals surface area contributed by atoms with Gasteiger partial charge < -0.3 is 10.2 Å². The summed E-state index contributed by atoms with van der Waals surface area (Å²) in [6.45, 7) is 29.9. The van der Waals surface area contributed by atoms with Gasteiger partial charge in [-0.1, -0.05) is 133 Å². The van der Waals surface area contributed by atoms with Gasteiger partial charge in [0.2, 0.25) is 0 Å². The predicted molar refractivity (Wildman–Crippen MR) is 195 cm³/mol. The van der Waals surface area contributed by atoms with Gasteiger partial charge in [-0.2, -0.15) is 13.2 Å². The summed E-state index contributed by atoms with van der Waals surface area (Å²) >= 11 is 0. The zero-order chi connectivity index (χ0) is 36.8. The maximum absolute atomic E-state index is 13.7. The van der Waals surface area contributed by atoms with Crippen LogP contribution in [0.15, 0.2) is 59.6 Å². The highest BCUT2D eigenvalue weighted by atomic mass is 19.4. The van der Waals surface area contributed by atoms with Crippen LogP contribution in [-0.2, 0) is 33.4 Å². The van der Waals surface area contributed by atoms with Crippen LogP contribution in [0.3, 0.4) is 0 Å². The lowest BCUT2D eigenvalue weighted by atomic mass is 9.70. The summed E-state index contributed by atoms with van der Waals surface area (Å²) < 4.78 is 41.0. The number of phenolic OH excluding ortho intramolecular Hbond substituents is 1. The number of phenols is 1. The summed E-state index contributed by atoms with van der Waals surface area (Å²) in [7, 11) is 0. The molecule has 6 heteroatoms. The van der Waals surface area contributed by atoms with Gasteiger partial charge in [-0.3, -0.25) is 4.99 Å². The summed E-state index contributed by atoms with van der Waals surface area (Å²) in [6, 6.07) is 14.7. The highest BCUT2D eigenvalue weighted by Gasteiger charge is 2.43. The van der Waals surface area contributed by atoms with Gasteiger partial charge in [0.15, 0.2) is 0 Å². The average Bonchev–Trinajstić information content (AvgIpc) is 2.92. The number of aliphatic imine (C=N–C) groups is 1. The van der Waals surface area contributed by atoms with Crippen LogP contribution in [0.25, 0.3) is 0 Å². The number of hydrogen-bond acceptors (Lipinski definition) is 3. The van der Waals surface area contributed by atoms with E-state index in [-0.39, 0.29) is 38.9 Å². The molecule has 1 unspecified atom stereocenters. The van der Waals surface area contributed by atoms with E-state index >= 15 is 0 Å². The molecule has 0 aliphatic carbocycles. The first kappa shape index (κ1) is 39.3. The smallest absolute Gasteiger partial charge is 0.416 e. The molecule has 3 rings (SSSR count). The molecular formula is C42H58F3NO2. The Bertz CT molecular complexity index is 1480. The Kier molecular flexibility index (Phi) is 10.9. The Morgan fingerprint density at radius 3 is 1.25 bits per heavy atom. The highest BCUT2D eigenvalue weighted by molar-refractivity contribution is 5.84. The molecule has 0 bridgehead atoms. The third kappa shape index (κ3) is 9.11. The molecule has 0 aliphatic rings. The molecule has 0 fully saturated rings. The predicted octanol–water partition coefficient (Wildman–Crippen LogP) is 11.4. The Morgan fingerprint density at radius 2 is 0.938 bits per heavy atom. The van der Waals surface area contributed by atoms with E-state index in [1.165, 1.54) is 6.21 Å². The second-order valence-corrected chi connectivity index (χ2v) is 18.1. The topological polar surface area (TPSA) is 52.8 Å². The molecule has 3 nitrogen and oxygen atoms in total. The van der Waals surface area contributed by atoms with E-state index in [0.717, 1.165) is 40.5 Å². The van der Waals surface area contributed by atoms with Crippen LogP contribution in [-0.4, -0.2) is 22.5 Å². The molecule has 0 heterocycles. The van der Waals surface area contributed by atoms with Crippen molar-refractivity contribution in [2.75, 3.05) is 0 Å². The summed E-state index contributed by atoms with van der Waals surface area (Å²) in [5.74, 6) is -0.234. The van der Waals surface area contributed by atoms with E-state index in [0.29, 0.717) is 17.5 Å². The van der Waals surface area contributed by atoms with Crippen LogP contribution in [0.2, 0.25) is 0 Å². The van der Waals surface area contributed by atoms with Crippen molar-refractivity contribution in [2.45, 2.75) is 143 Å². The fourth-order valence-electron chi connectivity index (χ4n) is 5.77. The molecule has 0 saturated carbocycles. The van der Waals surface area contributed by atoms with E-state index in [4.69, 9.17) is 4.99 Å². The van der Waals surface area contributed by atoms with Crippen LogP contribution in [0.4, 0.5) is 13.2 Å². The van der Waals surface area contributed by atoms with Crippen LogP contribution in [0, 0.1) is 5.92 Å². The Labute approximate surface area is 287 Å². The first-order valence-corrected chi connectivity index (χ1v) is 17.0. The molecular weight excluding hydrogens is 607 g/mol. The van der Waals surface area contributed by atoms with Gasteiger partial charge >= 0.3 is 6.18 Å². The molecule has 2 N–H and O–H groups in total. The van der Waals surface area contributed by atoms with Crippen LogP contribution < -0.4 is 0 Å². The van der Waals surface area contributed by atoms with Crippen LogP contribution >= 0.6 is 0 Å². The van der Waals surface area contributed by atoms with Crippen molar-refractivity contribution in [1.29, 1.82) is 0 Å². The number of benzene rings is 3. The first-order valence-electron chi connectivity index (χ1n) is 17.0. The molecule has 1 atom stereocenters. The fraction of sp³-hybridized carbons (Fsp3) is 0.548. The number of alkyl halides is 3. The Balaban J connectivity index is 2.54. The van der Waals surface area contributed by atoms with E-state index in [9.17, 15) is 23.4 Å². The number of rotatable bonds is 7. The monoisotopic (exact) mass is 665 g/mol. The molecule has 0 aliphatic heterocycles. The zero-order valence-corrected chi connectivity index (χ0v) is 31.6. The molecule has 0 saturated heterocycles. The van der Waals surface area contributed by atoms with Crippen molar-refractivity contribution in [1.82, 2.24) is 0 Å². The number of halogens is 3. The summed E-state index contributed by atoms with van der Waals surface area (Å²) in [5.41, 5.74) is 2.07. The standard InChI is InChI=1S/C42H58F3NO2/c1-26(2)17-36(46-25-27-18-28(42(43,44)45)15-16-35(27)47)41(48,33-21-29(37(3,4)5)19-30(22-33)38(6,7)8)34-23-31(39(9,10)11)20-32(24-34)40(12,13)14/h15-16,18-26,36,47-48H,17H2,1-14H3. The minimum Gasteiger partial charge on any atom is -0.507 e. The lowest BCUT2D eigenvalue weighted by Crippen LogP contribution is -2.42. The normalized spacial score (nSPS) is 14.6. The SMILES string of the molecule is CC(C)CC(N=Cc1cc(C(F)(F)F)ccc1O)C(O)(c1cc(C(C)(C)C)cc(C(C)(C)C)c1)c1cc(C(C)(C)C)cc(C(C)(C)C)c1. The molecule has 264 valence electrons. The van der Waals surface area contributed by atoms with Crippen molar-refractivity contribution in [2.24, 2.45) is 10.9 Å². The quantitative estimate of drug-likeness (QED) is 0.247. The molecule has 48 heavy (non-hydrogen) atoms. The number of nitrogens with zero attached hydrogens (tertiary/aromatic N) is 1. The highest BCUT2D eigenvalue weighted by Crippen LogP contribution is 2.44. The van der Waals surface area contributed by atoms with Gasteiger partial charge in [0.1, 0.15) is 11.4 Å². The lowest BCUT2D eigenvalue weighted by Gasteiger charge is -2.39. The van der Waals surface area contributed by atoms with Crippen molar-refractivity contribution in [3.05, 3.63) is 99.1 Å². The molecule has 0 radical (unpaired) electrons. The van der Waals surface area contributed by atoms with E-state index in [1.807, 2.05) is 13.8 Å². The van der Waals surface area contributed by atoms with Crippen molar-refractivity contribution in [3.8, 4) is 5.75 Å². The van der Waals surface area contributed by atoms with E-state index < -0.39 is 23.4 Å². The Morgan fingerprint density at radius 1 is 0.583 bits per heavy atom. The average molecular weight is 666 g/mol. The van der Waals surface area contributed by atoms with Gasteiger partial charge in [-0.15, -0.1) is 0 Å². The minimum atomic E-state index is -4.58. The maximum Gasteiger partial charge on any atom is 0.416 e. The summed E-state index contributed by atoms with van der Waals surface area (Å²) in [5, 5.41) is 24.2. The van der Waals surface area contributed by atoms with E-state index in [2.05, 4.69) is 119 Å². The largest absolute Gasteiger partial charge is 0.507 e. The van der Waals surface area contributed by atoms with Crippen LogP contribution in [0.5, 0.6) is 5.75 Å². The Hall–Kier alpha value is -3.12. The van der Waals surface area contributed by atoms with Gasteiger partial charge in [0.05, 0.1) is 11.6 Å². The third-order valence-corrected chi connectivity index (χ3v) is 9.14. The van der Waals surface area contributed by atoms with Crippen LogP contribution in [0.1, 0.15) is 148 Å². The summed E-state index contributed by atoms with van der Waals surface area (Å²) in [6.07, 6.45) is -2.86. The zero-order valence-electron chi connectivity index (χ0n) is 31.6. The van der Waals surface area contributed by atoms with Gasteiger partial charge in [-0.05, 0) is 85.6 Å². The number of aliphatic hydroxyl groups is 1. The molecule has 3 aromatic rings. The molecule has 0 aromatic heterocycles. The number of aromatic hydroxyl groups is 1. The first-order chi connectivity index (χ1) is 21.5. The molecule has 0 spiro atoms. The van der Waals surface area contributed by atoms with Crippen molar-refractivity contribution >= 4 is 6.21 Å². The fourth-order valence-corrected chi connectivity index (χ4v) is 5.77. The number of hydrogen-bond donors (Lipinski definition) is 2. The van der Waals surface area contributed by atoms with Gasteiger partial charge in [-0.25, -0.2) is 0 Å². The maximum atomic E-state index is 13.7. The van der Waals surface area contributed by atoms with Gasteiger partial charge in [0, 0.05) is 11.8 Å². The van der Waals surface area contributed by atoms with Crippen molar-refractivity contribution in [3.63, 3.8) is 0 Å². The second-order valence-electron chi connectivity index (χ2n) is 18.1. The van der Waals surface area contributed by atoms with E-state index in [1.54, 1.807) is 0 Å². The lowest BCUT2D eigenvalue weighted by molar-refractivity contribution is -0.137. The van der Waals surface area contributed by atoms with Crippen molar-refractivity contribution < 1.29 is 23.4 Å². The second kappa shape index (κ2) is 13.3. The third-order valence-electron chi connectivity index (χ3n) is 9.14.